The molecule has 3 nitrogen and oxygen atoms in total. The van der Waals surface area contributed by atoms with Crippen LogP contribution in [0.25, 0.3) is 0 Å². The molecular formula is C18H26N2O. The fourth-order valence-electron chi connectivity index (χ4n) is 4.33. The molecule has 0 N–H and O–H groups in total. The van der Waals surface area contributed by atoms with E-state index in [0.29, 0.717) is 11.5 Å². The number of morpholine rings is 1. The van der Waals surface area contributed by atoms with Crippen LogP contribution >= 0.6 is 0 Å². The molecule has 0 amide bonds. The Hall–Kier alpha value is -1.06. The van der Waals surface area contributed by atoms with E-state index >= 15 is 0 Å². The molecule has 3 heteroatoms. The summed E-state index contributed by atoms with van der Waals surface area (Å²) in [7, 11) is 0. The second-order valence-electron chi connectivity index (χ2n) is 7.06. The van der Waals surface area contributed by atoms with Gasteiger partial charge in [0, 0.05) is 37.3 Å². The van der Waals surface area contributed by atoms with E-state index in [1.807, 2.05) is 0 Å². The molecule has 1 aromatic carbocycles. The zero-order valence-electron chi connectivity index (χ0n) is 13.2. The fourth-order valence-corrected chi connectivity index (χ4v) is 4.33. The molecule has 3 aliphatic rings. The van der Waals surface area contributed by atoms with Crippen LogP contribution in [0.1, 0.15) is 25.8 Å². The van der Waals surface area contributed by atoms with Crippen molar-refractivity contribution in [1.29, 1.82) is 0 Å². The Morgan fingerprint density at radius 1 is 1.24 bits per heavy atom. The van der Waals surface area contributed by atoms with Crippen LogP contribution < -0.4 is 4.90 Å². The highest BCUT2D eigenvalue weighted by molar-refractivity contribution is 5.51. The Morgan fingerprint density at radius 2 is 2.05 bits per heavy atom. The van der Waals surface area contributed by atoms with Crippen molar-refractivity contribution in [2.75, 3.05) is 44.2 Å². The smallest absolute Gasteiger partial charge is 0.0722 e. The van der Waals surface area contributed by atoms with Crippen LogP contribution in [-0.2, 0) is 10.2 Å². The van der Waals surface area contributed by atoms with Gasteiger partial charge in [-0.25, -0.2) is 0 Å². The largest absolute Gasteiger partial charge is 0.375 e. The fraction of sp³-hybridized carbons (Fsp3) is 0.667. The molecule has 2 heterocycles. The van der Waals surface area contributed by atoms with Crippen molar-refractivity contribution in [2.24, 2.45) is 5.92 Å². The van der Waals surface area contributed by atoms with Crippen molar-refractivity contribution in [1.82, 2.24) is 4.90 Å². The summed E-state index contributed by atoms with van der Waals surface area (Å²) in [6.07, 6.45) is 1.75. The van der Waals surface area contributed by atoms with Gasteiger partial charge in [-0.2, -0.15) is 0 Å². The number of likely N-dealkylation sites (tertiary alicyclic amines) is 1. The SMILES string of the molecule is CCN1CC2C[C@@]2(c2ccc(N3CCO[C@@H](C)C3)cc2)C1. The molecule has 1 unspecified atom stereocenters. The van der Waals surface area contributed by atoms with Crippen LogP contribution in [0, 0.1) is 5.92 Å². The normalized spacial score (nSPS) is 35.8. The average Bonchev–Trinajstić information content (AvgIpc) is 3.09. The Kier molecular flexibility index (Phi) is 3.23. The zero-order valence-corrected chi connectivity index (χ0v) is 13.2. The second-order valence-corrected chi connectivity index (χ2v) is 7.06. The number of likely N-dealkylation sites (N-methyl/N-ethyl adjacent to an activating group) is 1. The quantitative estimate of drug-likeness (QED) is 0.849. The van der Waals surface area contributed by atoms with E-state index in [-0.39, 0.29) is 0 Å². The first-order valence-corrected chi connectivity index (χ1v) is 8.41. The molecule has 3 atom stereocenters. The highest BCUT2D eigenvalue weighted by Crippen LogP contribution is 2.58. The molecule has 2 saturated heterocycles. The van der Waals surface area contributed by atoms with Gasteiger partial charge in [-0.3, -0.25) is 0 Å². The average molecular weight is 286 g/mol. The maximum atomic E-state index is 5.63. The summed E-state index contributed by atoms with van der Waals surface area (Å²) in [6.45, 7) is 11.1. The molecule has 0 spiro atoms. The van der Waals surface area contributed by atoms with Crippen LogP contribution in [0.4, 0.5) is 5.69 Å². The number of hydrogen-bond donors (Lipinski definition) is 0. The van der Waals surface area contributed by atoms with Gasteiger partial charge in [0.1, 0.15) is 0 Å². The predicted molar refractivity (Wildman–Crippen MR) is 86.0 cm³/mol. The standard InChI is InChI=1S/C18H26N2O/c1-3-19-12-16-10-18(16,13-19)15-4-6-17(7-5-15)20-8-9-21-14(2)11-20/h4-7,14,16H,3,8-13H2,1-2H3/t14-,16?,18-/m0/s1. The van der Waals surface area contributed by atoms with E-state index in [4.69, 9.17) is 4.74 Å². The first-order valence-electron chi connectivity index (χ1n) is 8.41. The third kappa shape index (κ3) is 2.27. The lowest BCUT2D eigenvalue weighted by molar-refractivity contribution is 0.0532. The third-order valence-corrected chi connectivity index (χ3v) is 5.71. The van der Waals surface area contributed by atoms with Gasteiger partial charge >= 0.3 is 0 Å². The monoisotopic (exact) mass is 286 g/mol. The molecule has 1 aliphatic carbocycles. The Labute approximate surface area is 127 Å². The van der Waals surface area contributed by atoms with Gasteiger partial charge in [-0.15, -0.1) is 0 Å². The molecule has 3 fully saturated rings. The van der Waals surface area contributed by atoms with Gasteiger partial charge in [0.05, 0.1) is 12.7 Å². The van der Waals surface area contributed by atoms with Crippen LogP contribution in [0.3, 0.4) is 0 Å². The van der Waals surface area contributed by atoms with Crippen LogP contribution in [0.15, 0.2) is 24.3 Å². The van der Waals surface area contributed by atoms with Gasteiger partial charge in [0.15, 0.2) is 0 Å². The van der Waals surface area contributed by atoms with Crippen LogP contribution in [-0.4, -0.2) is 50.3 Å². The molecule has 0 aromatic heterocycles. The number of nitrogens with zero attached hydrogens (tertiary/aromatic N) is 2. The number of piperidine rings is 1. The molecular weight excluding hydrogens is 260 g/mol. The molecule has 1 aromatic rings. The minimum absolute atomic E-state index is 0.345. The Morgan fingerprint density at radius 3 is 2.71 bits per heavy atom. The number of hydrogen-bond acceptors (Lipinski definition) is 3. The number of anilines is 1. The van der Waals surface area contributed by atoms with Crippen molar-refractivity contribution < 1.29 is 4.74 Å². The third-order valence-electron chi connectivity index (χ3n) is 5.71. The Balaban J connectivity index is 1.50. The van der Waals surface area contributed by atoms with E-state index in [1.165, 1.54) is 31.7 Å². The molecule has 21 heavy (non-hydrogen) atoms. The molecule has 1 saturated carbocycles. The van der Waals surface area contributed by atoms with Gasteiger partial charge in [-0.1, -0.05) is 19.1 Å². The van der Waals surface area contributed by atoms with Crippen molar-refractivity contribution >= 4 is 5.69 Å². The number of fused-ring (bicyclic) bond motifs is 1. The lowest BCUT2D eigenvalue weighted by atomic mass is 9.94. The first kappa shape index (κ1) is 13.6. The number of benzene rings is 1. The van der Waals surface area contributed by atoms with Crippen molar-refractivity contribution in [2.45, 2.75) is 31.8 Å². The zero-order chi connectivity index (χ0) is 14.4. The Bertz CT molecular complexity index is 514. The van der Waals surface area contributed by atoms with Crippen molar-refractivity contribution in [3.63, 3.8) is 0 Å². The summed E-state index contributed by atoms with van der Waals surface area (Å²) in [5.74, 6) is 0.909. The van der Waals surface area contributed by atoms with E-state index < -0.39 is 0 Å². The van der Waals surface area contributed by atoms with E-state index in [0.717, 1.165) is 25.6 Å². The molecule has 0 radical (unpaired) electrons. The maximum absolute atomic E-state index is 5.63. The topological polar surface area (TPSA) is 15.7 Å². The van der Waals surface area contributed by atoms with Crippen molar-refractivity contribution in [3.8, 4) is 0 Å². The first-order chi connectivity index (χ1) is 10.2. The van der Waals surface area contributed by atoms with Gasteiger partial charge in [0.2, 0.25) is 0 Å². The van der Waals surface area contributed by atoms with Crippen molar-refractivity contribution in [3.05, 3.63) is 29.8 Å². The van der Waals surface area contributed by atoms with Gasteiger partial charge in [-0.05, 0) is 43.5 Å². The molecule has 0 bridgehead atoms. The maximum Gasteiger partial charge on any atom is 0.0722 e. The van der Waals surface area contributed by atoms with Gasteiger partial charge < -0.3 is 14.5 Å². The summed E-state index contributed by atoms with van der Waals surface area (Å²) >= 11 is 0. The molecule has 114 valence electrons. The van der Waals surface area contributed by atoms with Gasteiger partial charge in [0.25, 0.3) is 0 Å². The predicted octanol–water partition coefficient (Wildman–Crippen LogP) is 2.50. The summed E-state index contributed by atoms with van der Waals surface area (Å²) < 4.78 is 5.63. The minimum Gasteiger partial charge on any atom is -0.375 e. The lowest BCUT2D eigenvalue weighted by Crippen LogP contribution is -2.41. The van der Waals surface area contributed by atoms with E-state index in [2.05, 4.69) is 47.9 Å². The minimum atomic E-state index is 0.345. The number of ether oxygens (including phenoxy) is 1. The summed E-state index contributed by atoms with van der Waals surface area (Å²) in [6, 6.07) is 9.42. The highest BCUT2D eigenvalue weighted by Gasteiger charge is 2.60. The van der Waals surface area contributed by atoms with Crippen LogP contribution in [0.2, 0.25) is 0 Å². The van der Waals surface area contributed by atoms with E-state index in [9.17, 15) is 0 Å². The van der Waals surface area contributed by atoms with Crippen LogP contribution in [0.5, 0.6) is 0 Å². The molecule has 4 rings (SSSR count). The summed E-state index contributed by atoms with van der Waals surface area (Å²) in [5, 5.41) is 0. The summed E-state index contributed by atoms with van der Waals surface area (Å²) in [4.78, 5) is 5.05. The molecule has 2 aliphatic heterocycles. The number of rotatable bonds is 3. The highest BCUT2D eigenvalue weighted by atomic mass is 16.5. The second kappa shape index (κ2) is 4.99. The summed E-state index contributed by atoms with van der Waals surface area (Å²) in [5.41, 5.74) is 3.41. The lowest BCUT2D eigenvalue weighted by Gasteiger charge is -2.33. The van der Waals surface area contributed by atoms with E-state index in [1.54, 1.807) is 5.56 Å².